The molecule has 1 aliphatic rings. The second-order valence-corrected chi connectivity index (χ2v) is 7.10. The number of ketones is 1. The zero-order valence-corrected chi connectivity index (χ0v) is 16.9. The van der Waals surface area contributed by atoms with Gasteiger partial charge >= 0.3 is 0 Å². The minimum absolute atomic E-state index is 0.000648. The average Bonchev–Trinajstić information content (AvgIpc) is 3.41. The van der Waals surface area contributed by atoms with Crippen molar-refractivity contribution in [2.24, 2.45) is 10.2 Å². The third-order valence-corrected chi connectivity index (χ3v) is 5.18. The number of H-pyrrole nitrogens is 1. The maximum absolute atomic E-state index is 11.6. The smallest absolute Gasteiger partial charge is 0.175 e. The lowest BCUT2D eigenvalue weighted by molar-refractivity contribution is 0.101. The Kier molecular flexibility index (Phi) is 5.20. The number of hydrogen-bond acceptors (Lipinski definition) is 6. The van der Waals surface area contributed by atoms with E-state index >= 15 is 0 Å². The molecule has 7 nitrogen and oxygen atoms in total. The number of nitrogens with zero attached hydrogens (tertiary/aromatic N) is 3. The lowest BCUT2D eigenvalue weighted by Crippen LogP contribution is -2.18. The van der Waals surface area contributed by atoms with E-state index in [-0.39, 0.29) is 5.78 Å². The number of carbonyl (C=O) groups is 1. The van der Waals surface area contributed by atoms with Gasteiger partial charge in [-0.1, -0.05) is 0 Å². The van der Waals surface area contributed by atoms with Gasteiger partial charge in [0.15, 0.2) is 5.78 Å². The Labute approximate surface area is 169 Å². The van der Waals surface area contributed by atoms with Crippen molar-refractivity contribution in [1.29, 1.82) is 0 Å². The highest BCUT2D eigenvalue weighted by molar-refractivity contribution is 5.98. The van der Waals surface area contributed by atoms with Crippen LogP contribution < -0.4 is 14.4 Å². The molecular weight excluding hydrogens is 368 g/mol. The monoisotopic (exact) mass is 392 g/mol. The highest BCUT2D eigenvalue weighted by Gasteiger charge is 2.19. The molecule has 1 saturated heterocycles. The highest BCUT2D eigenvalue weighted by Crippen LogP contribution is 2.41. The Bertz CT molecular complexity index is 1080. The van der Waals surface area contributed by atoms with E-state index in [1.807, 2.05) is 36.4 Å². The van der Waals surface area contributed by atoms with Crippen molar-refractivity contribution < 1.29 is 14.3 Å². The van der Waals surface area contributed by atoms with Crippen LogP contribution in [0.15, 0.2) is 46.6 Å². The zero-order valence-electron chi connectivity index (χ0n) is 16.9. The van der Waals surface area contributed by atoms with Crippen LogP contribution in [-0.2, 0) is 0 Å². The molecule has 2 aromatic carbocycles. The summed E-state index contributed by atoms with van der Waals surface area (Å²) in [5.74, 6) is 1.41. The third-order valence-electron chi connectivity index (χ3n) is 5.18. The second-order valence-electron chi connectivity index (χ2n) is 7.10. The summed E-state index contributed by atoms with van der Waals surface area (Å²) in [5, 5.41) is 9.68. The Balaban J connectivity index is 1.66. The van der Waals surface area contributed by atoms with Crippen LogP contribution in [0, 0.1) is 0 Å². The molecule has 7 heteroatoms. The van der Waals surface area contributed by atoms with Gasteiger partial charge in [-0.05, 0) is 37.1 Å². The quantitative estimate of drug-likeness (QED) is 0.450. The number of nitrogens with one attached hydrogen (secondary N) is 1. The summed E-state index contributed by atoms with van der Waals surface area (Å²) in [5.41, 5.74) is 3.79. The van der Waals surface area contributed by atoms with Gasteiger partial charge in [-0.25, -0.2) is 0 Å². The van der Waals surface area contributed by atoms with Gasteiger partial charge in [-0.15, -0.1) is 5.11 Å². The van der Waals surface area contributed by atoms with E-state index in [1.54, 1.807) is 14.2 Å². The number of hydrogen-bond donors (Lipinski definition) is 1. The van der Waals surface area contributed by atoms with E-state index in [9.17, 15) is 4.79 Å². The van der Waals surface area contributed by atoms with Crippen LogP contribution in [0.3, 0.4) is 0 Å². The van der Waals surface area contributed by atoms with E-state index in [0.29, 0.717) is 22.8 Å². The molecule has 2 heterocycles. The van der Waals surface area contributed by atoms with Crippen LogP contribution in [-0.4, -0.2) is 38.1 Å². The van der Waals surface area contributed by atoms with Gasteiger partial charge in [-0.2, -0.15) is 5.11 Å². The fourth-order valence-corrected chi connectivity index (χ4v) is 3.63. The van der Waals surface area contributed by atoms with Gasteiger partial charge in [0.1, 0.15) is 17.2 Å². The first kappa shape index (κ1) is 19.0. The minimum atomic E-state index is -0.000648. The summed E-state index contributed by atoms with van der Waals surface area (Å²) in [7, 11) is 3.29. The van der Waals surface area contributed by atoms with Gasteiger partial charge < -0.3 is 19.4 Å². The zero-order chi connectivity index (χ0) is 20.4. The number of fused-ring (bicyclic) bond motifs is 1. The molecule has 3 aromatic rings. The fourth-order valence-electron chi connectivity index (χ4n) is 3.63. The van der Waals surface area contributed by atoms with Crippen molar-refractivity contribution in [2.75, 3.05) is 32.2 Å². The molecule has 0 atom stereocenters. The van der Waals surface area contributed by atoms with Crippen LogP contribution in [0.5, 0.6) is 11.5 Å². The van der Waals surface area contributed by atoms with Crippen molar-refractivity contribution in [3.05, 3.63) is 42.1 Å². The number of Topliss-reactive ketones (excluding diaryl/α,β-unsaturated/α-hetero) is 1. The van der Waals surface area contributed by atoms with Crippen molar-refractivity contribution in [1.82, 2.24) is 4.98 Å². The number of azo groups is 1. The molecule has 1 N–H and O–H groups in total. The Morgan fingerprint density at radius 1 is 1.00 bits per heavy atom. The number of methoxy groups -OCH3 is 2. The SMILES string of the molecule is COc1cc(N2CCCC2)c(OC)cc1N=Nc1ccc2[nH]c(C(C)=O)cc2c1. The molecule has 1 fully saturated rings. The molecule has 4 rings (SSSR count). The van der Waals surface area contributed by atoms with Crippen LogP contribution in [0.1, 0.15) is 30.3 Å². The van der Waals surface area contributed by atoms with Crippen molar-refractivity contribution in [2.45, 2.75) is 19.8 Å². The molecule has 0 saturated carbocycles. The molecule has 0 amide bonds. The predicted octanol–water partition coefficient (Wildman–Crippen LogP) is 5.40. The van der Waals surface area contributed by atoms with Crippen LogP contribution in [0.2, 0.25) is 0 Å². The molecule has 0 bridgehead atoms. The number of ether oxygens (including phenoxy) is 2. The van der Waals surface area contributed by atoms with Gasteiger partial charge in [0.05, 0.1) is 31.3 Å². The Morgan fingerprint density at radius 3 is 2.45 bits per heavy atom. The lowest BCUT2D eigenvalue weighted by atomic mass is 10.2. The van der Waals surface area contributed by atoms with Gasteiger partial charge in [0.2, 0.25) is 0 Å². The molecule has 0 aliphatic carbocycles. The fraction of sp³-hybridized carbons (Fsp3) is 0.318. The van der Waals surface area contributed by atoms with Crippen LogP contribution >= 0.6 is 0 Å². The summed E-state index contributed by atoms with van der Waals surface area (Å²) in [4.78, 5) is 17.0. The first-order valence-electron chi connectivity index (χ1n) is 9.65. The van der Waals surface area contributed by atoms with E-state index in [0.717, 1.165) is 35.4 Å². The molecule has 29 heavy (non-hydrogen) atoms. The van der Waals surface area contributed by atoms with Gasteiger partial charge in [0.25, 0.3) is 0 Å². The maximum atomic E-state index is 11.6. The first-order valence-corrected chi connectivity index (χ1v) is 9.65. The number of carbonyl (C=O) groups excluding carboxylic acids is 1. The van der Waals surface area contributed by atoms with Crippen molar-refractivity contribution in [3.8, 4) is 11.5 Å². The van der Waals surface area contributed by atoms with E-state index in [4.69, 9.17) is 9.47 Å². The molecule has 0 unspecified atom stereocenters. The van der Waals surface area contributed by atoms with E-state index in [1.165, 1.54) is 19.8 Å². The molecule has 1 aromatic heterocycles. The topological polar surface area (TPSA) is 79.3 Å². The first-order chi connectivity index (χ1) is 14.1. The van der Waals surface area contributed by atoms with Crippen LogP contribution in [0.25, 0.3) is 10.9 Å². The molecular formula is C22H24N4O3. The summed E-state index contributed by atoms with van der Waals surface area (Å²) in [6.07, 6.45) is 2.36. The lowest BCUT2D eigenvalue weighted by Gasteiger charge is -2.21. The molecule has 0 spiro atoms. The summed E-state index contributed by atoms with van der Waals surface area (Å²) >= 11 is 0. The summed E-state index contributed by atoms with van der Waals surface area (Å²) in [6.45, 7) is 3.56. The number of aromatic amines is 1. The standard InChI is InChI=1S/C22H24N4O3/c1-14(27)18-11-15-10-16(6-7-17(15)23-18)24-25-19-12-22(29-3)20(13-21(19)28-2)26-8-4-5-9-26/h6-7,10-13,23H,4-5,8-9H2,1-3H3. The summed E-state index contributed by atoms with van der Waals surface area (Å²) < 4.78 is 11.2. The third kappa shape index (κ3) is 3.81. The Hall–Kier alpha value is -3.35. The minimum Gasteiger partial charge on any atom is -0.494 e. The second kappa shape index (κ2) is 7.95. The van der Waals surface area contributed by atoms with Gasteiger partial charge in [-0.3, -0.25) is 4.79 Å². The number of anilines is 1. The van der Waals surface area contributed by atoms with E-state index in [2.05, 4.69) is 20.1 Å². The normalized spacial score (nSPS) is 14.1. The molecule has 1 aliphatic heterocycles. The van der Waals surface area contributed by atoms with E-state index < -0.39 is 0 Å². The van der Waals surface area contributed by atoms with Gasteiger partial charge in [0, 0.05) is 43.0 Å². The summed E-state index contributed by atoms with van der Waals surface area (Å²) in [6, 6.07) is 11.3. The number of rotatable bonds is 6. The van der Waals surface area contributed by atoms with Crippen molar-refractivity contribution >= 4 is 33.7 Å². The number of benzene rings is 2. The van der Waals surface area contributed by atoms with Crippen LogP contribution in [0.4, 0.5) is 17.1 Å². The molecule has 150 valence electrons. The highest BCUT2D eigenvalue weighted by atomic mass is 16.5. The predicted molar refractivity (Wildman–Crippen MR) is 113 cm³/mol. The van der Waals surface area contributed by atoms with Crippen molar-refractivity contribution in [3.63, 3.8) is 0 Å². The maximum Gasteiger partial charge on any atom is 0.175 e. The number of aromatic nitrogens is 1. The molecule has 0 radical (unpaired) electrons. The Morgan fingerprint density at radius 2 is 1.76 bits per heavy atom. The largest absolute Gasteiger partial charge is 0.494 e. The average molecular weight is 392 g/mol.